The quantitative estimate of drug-likeness (QED) is 0.655. The summed E-state index contributed by atoms with van der Waals surface area (Å²) >= 11 is 0. The highest BCUT2D eigenvalue weighted by molar-refractivity contribution is 7.89. The first-order valence-electron chi connectivity index (χ1n) is 9.53. The van der Waals surface area contributed by atoms with Gasteiger partial charge in [0.1, 0.15) is 18.4 Å². The Hall–Kier alpha value is -2.25. The lowest BCUT2D eigenvalue weighted by atomic mass is 10.1. The van der Waals surface area contributed by atoms with Gasteiger partial charge in [0.25, 0.3) is 5.91 Å². The minimum atomic E-state index is -4.61. The van der Waals surface area contributed by atoms with Gasteiger partial charge in [-0.15, -0.1) is 0 Å². The number of nitrogens with one attached hydrogen (secondary N) is 1. The number of hydrogen-bond acceptors (Lipinski definition) is 5. The normalized spacial score (nSPS) is 20.6. The van der Waals surface area contributed by atoms with Crippen LogP contribution >= 0.6 is 0 Å². The van der Waals surface area contributed by atoms with Crippen LogP contribution in [-0.2, 0) is 19.6 Å². The Labute approximate surface area is 176 Å². The predicted octanol–water partition coefficient (Wildman–Crippen LogP) is 1.13. The van der Waals surface area contributed by atoms with E-state index in [1.807, 2.05) is 0 Å². The van der Waals surface area contributed by atoms with Crippen LogP contribution in [0.25, 0.3) is 0 Å². The second-order valence-corrected chi connectivity index (χ2v) is 9.09. The van der Waals surface area contributed by atoms with Crippen LogP contribution in [-0.4, -0.2) is 81.0 Å². The van der Waals surface area contributed by atoms with Crippen molar-refractivity contribution in [3.63, 3.8) is 0 Å². The molecule has 2 fully saturated rings. The first kappa shape index (κ1) is 23.4. The zero-order valence-corrected chi connectivity index (χ0v) is 17.1. The van der Waals surface area contributed by atoms with E-state index in [1.165, 1.54) is 0 Å². The number of hydrogen-bond donors (Lipinski definition) is 1. The fourth-order valence-electron chi connectivity index (χ4n) is 3.51. The maximum atomic E-state index is 14.4. The number of nitrogens with zero attached hydrogens (tertiary/aromatic N) is 2. The summed E-state index contributed by atoms with van der Waals surface area (Å²) in [5.41, 5.74) is -0.565. The maximum absolute atomic E-state index is 14.4. The fourth-order valence-corrected chi connectivity index (χ4v) is 4.94. The molecule has 1 unspecified atom stereocenters. The van der Waals surface area contributed by atoms with Crippen molar-refractivity contribution < 1.29 is 40.3 Å². The van der Waals surface area contributed by atoms with E-state index in [4.69, 9.17) is 4.74 Å². The Balaban J connectivity index is 1.82. The molecule has 2 aliphatic heterocycles. The number of benzene rings is 1. The summed E-state index contributed by atoms with van der Waals surface area (Å²) in [6.07, 6.45) is -4.16. The molecule has 1 atom stereocenters. The molecule has 2 aliphatic rings. The van der Waals surface area contributed by atoms with Gasteiger partial charge in [-0.05, 0) is 31.0 Å². The van der Waals surface area contributed by atoms with Gasteiger partial charge in [0.15, 0.2) is 0 Å². The lowest BCUT2D eigenvalue weighted by Gasteiger charge is -2.27. The Morgan fingerprint density at radius 1 is 1.16 bits per heavy atom. The van der Waals surface area contributed by atoms with Crippen LogP contribution in [0.3, 0.4) is 0 Å². The van der Waals surface area contributed by atoms with E-state index in [2.05, 4.69) is 0 Å². The molecule has 3 rings (SSSR count). The molecule has 0 radical (unpaired) electrons. The number of morpholine rings is 1. The lowest BCUT2D eigenvalue weighted by molar-refractivity contribution is -0.140. The molecule has 0 aliphatic carbocycles. The number of likely N-dealkylation sites (tertiary alicyclic amines) is 1. The number of sulfonamides is 1. The molecule has 0 spiro atoms. The van der Waals surface area contributed by atoms with E-state index >= 15 is 0 Å². The van der Waals surface area contributed by atoms with Crippen molar-refractivity contribution in [3.05, 3.63) is 29.6 Å². The fraction of sp³-hybridized carbons (Fsp3) is 0.556. The van der Waals surface area contributed by atoms with Gasteiger partial charge in [-0.2, -0.15) is 17.5 Å². The SMILES string of the molecule is O=C(NCC(F)(F)F)C1CCCN1C(=O)c1cc(S(=O)(=O)N2CCOCC2)ccc1F. The summed E-state index contributed by atoms with van der Waals surface area (Å²) in [7, 11) is -4.00. The molecule has 2 amide bonds. The topological polar surface area (TPSA) is 96.0 Å². The van der Waals surface area contributed by atoms with Crippen molar-refractivity contribution in [2.75, 3.05) is 39.4 Å². The number of carbonyl (C=O) groups excluding carboxylic acids is 2. The van der Waals surface area contributed by atoms with Crippen molar-refractivity contribution in [2.24, 2.45) is 0 Å². The third-order valence-corrected chi connectivity index (χ3v) is 6.95. The molecule has 1 aromatic carbocycles. The third-order valence-electron chi connectivity index (χ3n) is 5.06. The van der Waals surface area contributed by atoms with E-state index in [1.54, 1.807) is 5.32 Å². The van der Waals surface area contributed by atoms with Crippen molar-refractivity contribution in [1.29, 1.82) is 0 Å². The standard InChI is InChI=1S/C18H21F4N3O5S/c19-14-4-3-12(31(28,29)24-6-8-30-9-7-24)10-13(14)17(27)25-5-1-2-15(25)16(26)23-11-18(20,21)22/h3-4,10,15H,1-2,5-9,11H2,(H,23,26). The minimum Gasteiger partial charge on any atom is -0.379 e. The molecule has 2 heterocycles. The molecule has 13 heteroatoms. The van der Waals surface area contributed by atoms with Crippen LogP contribution in [0, 0.1) is 5.82 Å². The van der Waals surface area contributed by atoms with Gasteiger partial charge in [0.05, 0.1) is 23.7 Å². The predicted molar refractivity (Wildman–Crippen MR) is 99.1 cm³/mol. The van der Waals surface area contributed by atoms with Gasteiger partial charge >= 0.3 is 6.18 Å². The second kappa shape index (κ2) is 9.09. The zero-order valence-electron chi connectivity index (χ0n) is 16.3. The van der Waals surface area contributed by atoms with Crippen molar-refractivity contribution in [3.8, 4) is 0 Å². The van der Waals surface area contributed by atoms with Crippen LogP contribution in [0.1, 0.15) is 23.2 Å². The minimum absolute atomic E-state index is 0.0306. The zero-order chi connectivity index (χ0) is 22.8. The molecule has 0 saturated carbocycles. The van der Waals surface area contributed by atoms with Crippen molar-refractivity contribution >= 4 is 21.8 Å². The number of carbonyl (C=O) groups is 2. The van der Waals surface area contributed by atoms with E-state index in [0.717, 1.165) is 27.4 Å². The molecular formula is C18H21F4N3O5S. The monoisotopic (exact) mass is 467 g/mol. The summed E-state index contributed by atoms with van der Waals surface area (Å²) in [5.74, 6) is -2.95. The molecule has 0 aromatic heterocycles. The second-order valence-electron chi connectivity index (χ2n) is 7.15. The van der Waals surface area contributed by atoms with Crippen molar-refractivity contribution in [1.82, 2.24) is 14.5 Å². The van der Waals surface area contributed by atoms with Gasteiger partial charge < -0.3 is 15.0 Å². The summed E-state index contributed by atoms with van der Waals surface area (Å²) in [6.45, 7) is -0.897. The number of alkyl halides is 3. The lowest BCUT2D eigenvalue weighted by Crippen LogP contribution is -2.48. The van der Waals surface area contributed by atoms with Crippen LogP contribution in [0.4, 0.5) is 17.6 Å². The van der Waals surface area contributed by atoms with E-state index < -0.39 is 52.0 Å². The van der Waals surface area contributed by atoms with E-state index in [-0.39, 0.29) is 44.2 Å². The van der Waals surface area contributed by atoms with Crippen LogP contribution in [0.15, 0.2) is 23.1 Å². The molecule has 172 valence electrons. The number of ether oxygens (including phenoxy) is 1. The summed E-state index contributed by atoms with van der Waals surface area (Å²) in [5, 5.41) is 1.73. The molecule has 31 heavy (non-hydrogen) atoms. The smallest absolute Gasteiger partial charge is 0.379 e. The molecular weight excluding hydrogens is 446 g/mol. The van der Waals surface area contributed by atoms with Gasteiger partial charge in [-0.25, -0.2) is 12.8 Å². The maximum Gasteiger partial charge on any atom is 0.405 e. The Bertz CT molecular complexity index is 948. The third kappa shape index (κ3) is 5.33. The molecule has 8 nitrogen and oxygen atoms in total. The Morgan fingerprint density at radius 3 is 2.48 bits per heavy atom. The molecule has 1 N–H and O–H groups in total. The number of halogens is 4. The van der Waals surface area contributed by atoms with Crippen LogP contribution < -0.4 is 5.32 Å². The average molecular weight is 467 g/mol. The molecule has 1 aromatic rings. The molecule has 2 saturated heterocycles. The highest BCUT2D eigenvalue weighted by Crippen LogP contribution is 2.25. The Morgan fingerprint density at radius 2 is 1.84 bits per heavy atom. The largest absolute Gasteiger partial charge is 0.405 e. The number of rotatable bonds is 5. The van der Waals surface area contributed by atoms with Gasteiger partial charge in [0, 0.05) is 19.6 Å². The summed E-state index contributed by atoms with van der Waals surface area (Å²) < 4.78 is 83.4. The van der Waals surface area contributed by atoms with Gasteiger partial charge in [-0.3, -0.25) is 9.59 Å². The number of amides is 2. The van der Waals surface area contributed by atoms with Gasteiger partial charge in [-0.1, -0.05) is 0 Å². The Kier molecular flexibility index (Phi) is 6.86. The van der Waals surface area contributed by atoms with E-state index in [9.17, 15) is 35.6 Å². The van der Waals surface area contributed by atoms with Crippen LogP contribution in [0.5, 0.6) is 0 Å². The van der Waals surface area contributed by atoms with E-state index in [0.29, 0.717) is 6.42 Å². The summed E-state index contributed by atoms with van der Waals surface area (Å²) in [6, 6.07) is 1.57. The highest BCUT2D eigenvalue weighted by atomic mass is 32.2. The highest BCUT2D eigenvalue weighted by Gasteiger charge is 2.38. The summed E-state index contributed by atoms with van der Waals surface area (Å²) in [4.78, 5) is 25.7. The average Bonchev–Trinajstić information content (AvgIpc) is 3.22. The van der Waals surface area contributed by atoms with Gasteiger partial charge in [0.2, 0.25) is 15.9 Å². The molecule has 0 bridgehead atoms. The first-order chi connectivity index (χ1) is 14.5. The first-order valence-corrected chi connectivity index (χ1v) is 11.0. The van der Waals surface area contributed by atoms with Crippen LogP contribution in [0.2, 0.25) is 0 Å². The van der Waals surface area contributed by atoms with Crippen molar-refractivity contribution in [2.45, 2.75) is 30.0 Å².